The highest BCUT2D eigenvalue weighted by molar-refractivity contribution is 7.90. The molecule has 1 aliphatic heterocycles. The van der Waals surface area contributed by atoms with Gasteiger partial charge in [0.25, 0.3) is 10.0 Å². The van der Waals surface area contributed by atoms with Crippen LogP contribution in [0.15, 0.2) is 51.9 Å². The van der Waals surface area contributed by atoms with Crippen molar-refractivity contribution in [2.75, 3.05) is 11.9 Å². The summed E-state index contributed by atoms with van der Waals surface area (Å²) in [6.45, 7) is 0.447. The zero-order valence-electron chi connectivity index (χ0n) is 11.5. The highest BCUT2D eigenvalue weighted by Gasteiger charge is 2.25. The zero-order valence-corrected chi connectivity index (χ0v) is 12.3. The Morgan fingerprint density at radius 3 is 2.86 bits per heavy atom. The molecule has 1 aromatic heterocycles. The summed E-state index contributed by atoms with van der Waals surface area (Å²) in [6.07, 6.45) is 2.30. The summed E-state index contributed by atoms with van der Waals surface area (Å²) in [5.74, 6) is -0.440. The molecule has 0 spiro atoms. The van der Waals surface area contributed by atoms with Crippen LogP contribution < -0.4 is 10.6 Å². The van der Waals surface area contributed by atoms with E-state index < -0.39 is 15.8 Å². The first kappa shape index (κ1) is 14.5. The van der Waals surface area contributed by atoms with E-state index in [1.54, 1.807) is 6.20 Å². The maximum Gasteiger partial charge on any atom is 0.287 e. The fourth-order valence-electron chi connectivity index (χ4n) is 2.08. The van der Waals surface area contributed by atoms with Crippen molar-refractivity contribution in [2.45, 2.75) is 11.3 Å². The van der Waals surface area contributed by atoms with E-state index in [2.05, 4.69) is 20.0 Å². The molecule has 0 saturated carbocycles. The maximum absolute atomic E-state index is 13.2. The van der Waals surface area contributed by atoms with Gasteiger partial charge in [-0.2, -0.15) is 8.42 Å². The minimum absolute atomic E-state index is 0.0378. The molecule has 0 amide bonds. The molecule has 0 aliphatic carbocycles. The van der Waals surface area contributed by atoms with E-state index in [-0.39, 0.29) is 16.5 Å². The maximum atomic E-state index is 13.2. The molecule has 2 N–H and O–H groups in total. The summed E-state index contributed by atoms with van der Waals surface area (Å²) in [5.41, 5.74) is 1.05. The van der Waals surface area contributed by atoms with Gasteiger partial charge in [-0.1, -0.05) is 6.07 Å². The largest absolute Gasteiger partial charge is 0.355 e. The van der Waals surface area contributed by atoms with E-state index in [1.807, 2.05) is 18.2 Å². The minimum Gasteiger partial charge on any atom is -0.355 e. The Hall–Kier alpha value is -2.48. The Kier molecular flexibility index (Phi) is 3.76. The van der Waals surface area contributed by atoms with Crippen LogP contribution >= 0.6 is 0 Å². The molecule has 2 aromatic rings. The normalized spacial score (nSPS) is 15.4. The number of halogens is 1. The Morgan fingerprint density at radius 1 is 1.23 bits per heavy atom. The van der Waals surface area contributed by atoms with E-state index in [0.29, 0.717) is 13.0 Å². The van der Waals surface area contributed by atoms with Crippen molar-refractivity contribution in [1.82, 2.24) is 10.3 Å². The Balaban J connectivity index is 1.72. The summed E-state index contributed by atoms with van der Waals surface area (Å²) in [6, 6.07) is 8.99. The molecule has 8 heteroatoms. The lowest BCUT2D eigenvalue weighted by Crippen LogP contribution is -2.36. The molecule has 0 unspecified atom stereocenters. The van der Waals surface area contributed by atoms with Gasteiger partial charge in [0.05, 0.1) is 5.69 Å². The highest BCUT2D eigenvalue weighted by Crippen LogP contribution is 2.27. The second-order valence-corrected chi connectivity index (χ2v) is 6.25. The molecule has 22 heavy (non-hydrogen) atoms. The number of aromatic nitrogens is 1. The first-order valence-corrected chi connectivity index (χ1v) is 8.04. The molecule has 0 atom stereocenters. The van der Waals surface area contributed by atoms with Gasteiger partial charge in [0.1, 0.15) is 10.7 Å². The van der Waals surface area contributed by atoms with E-state index >= 15 is 0 Å². The number of nitrogens with one attached hydrogen (secondary N) is 2. The minimum atomic E-state index is -3.82. The SMILES string of the molecule is O=S1(=O)N=C(NCCc2ccccn2)Nc2cc(F)ccc21. The van der Waals surface area contributed by atoms with E-state index in [4.69, 9.17) is 0 Å². The summed E-state index contributed by atoms with van der Waals surface area (Å²) >= 11 is 0. The molecule has 2 heterocycles. The van der Waals surface area contributed by atoms with Crippen LogP contribution in [0.25, 0.3) is 0 Å². The van der Waals surface area contributed by atoms with Gasteiger partial charge in [-0.3, -0.25) is 4.98 Å². The summed E-state index contributed by atoms with van der Waals surface area (Å²) in [4.78, 5) is 4.13. The smallest absolute Gasteiger partial charge is 0.287 e. The molecule has 114 valence electrons. The van der Waals surface area contributed by atoms with Gasteiger partial charge in [0.15, 0.2) is 0 Å². The van der Waals surface area contributed by atoms with Gasteiger partial charge < -0.3 is 10.6 Å². The first-order chi connectivity index (χ1) is 10.5. The quantitative estimate of drug-likeness (QED) is 0.896. The predicted octanol–water partition coefficient (Wildman–Crippen LogP) is 1.52. The molecule has 0 bridgehead atoms. The fourth-order valence-corrected chi connectivity index (χ4v) is 3.15. The molecule has 1 aromatic carbocycles. The number of rotatable bonds is 3. The second-order valence-electron chi connectivity index (χ2n) is 4.68. The first-order valence-electron chi connectivity index (χ1n) is 6.60. The van der Waals surface area contributed by atoms with Gasteiger partial charge in [0, 0.05) is 24.9 Å². The van der Waals surface area contributed by atoms with Crippen LogP contribution in [-0.4, -0.2) is 25.9 Å². The number of nitrogens with zero attached hydrogens (tertiary/aromatic N) is 2. The molecule has 1 aliphatic rings. The van der Waals surface area contributed by atoms with Gasteiger partial charge in [-0.05, 0) is 30.3 Å². The van der Waals surface area contributed by atoms with E-state index in [0.717, 1.165) is 17.8 Å². The van der Waals surface area contributed by atoms with Gasteiger partial charge in [-0.15, -0.1) is 4.40 Å². The number of guanidine groups is 1. The van der Waals surface area contributed by atoms with Crippen molar-refractivity contribution in [3.8, 4) is 0 Å². The van der Waals surface area contributed by atoms with Crippen molar-refractivity contribution < 1.29 is 12.8 Å². The van der Waals surface area contributed by atoms with Crippen LogP contribution in [0, 0.1) is 5.82 Å². The van der Waals surface area contributed by atoms with Crippen LogP contribution in [0.5, 0.6) is 0 Å². The number of anilines is 1. The molecule has 0 saturated heterocycles. The van der Waals surface area contributed by atoms with E-state index in [9.17, 15) is 12.8 Å². The van der Waals surface area contributed by atoms with Gasteiger partial charge >= 0.3 is 0 Å². The summed E-state index contributed by atoms with van der Waals surface area (Å²) < 4.78 is 40.9. The highest BCUT2D eigenvalue weighted by atomic mass is 32.2. The zero-order chi connectivity index (χ0) is 15.6. The Morgan fingerprint density at radius 2 is 2.09 bits per heavy atom. The lowest BCUT2D eigenvalue weighted by atomic mass is 10.3. The summed E-state index contributed by atoms with van der Waals surface area (Å²) in [7, 11) is -3.82. The van der Waals surface area contributed by atoms with Crippen molar-refractivity contribution in [3.63, 3.8) is 0 Å². The van der Waals surface area contributed by atoms with Crippen LogP contribution in [0.3, 0.4) is 0 Å². The van der Waals surface area contributed by atoms with Crippen LogP contribution in [-0.2, 0) is 16.4 Å². The predicted molar refractivity (Wildman–Crippen MR) is 80.6 cm³/mol. The van der Waals surface area contributed by atoms with Crippen LogP contribution in [0.4, 0.5) is 10.1 Å². The molecule has 0 radical (unpaired) electrons. The number of fused-ring (bicyclic) bond motifs is 1. The molecular weight excluding hydrogens is 307 g/mol. The van der Waals surface area contributed by atoms with Crippen molar-refractivity contribution in [1.29, 1.82) is 0 Å². The lowest BCUT2D eigenvalue weighted by molar-refractivity contribution is 0.596. The van der Waals surface area contributed by atoms with Gasteiger partial charge in [0.2, 0.25) is 5.96 Å². The third-order valence-corrected chi connectivity index (χ3v) is 4.42. The number of sulfonamides is 1. The van der Waals surface area contributed by atoms with Crippen molar-refractivity contribution in [3.05, 3.63) is 54.1 Å². The van der Waals surface area contributed by atoms with Gasteiger partial charge in [-0.25, -0.2) is 4.39 Å². The number of benzene rings is 1. The fraction of sp³-hybridized carbons (Fsp3) is 0.143. The lowest BCUT2D eigenvalue weighted by Gasteiger charge is -2.18. The summed E-state index contributed by atoms with van der Waals surface area (Å²) in [5, 5.41) is 5.66. The molecular formula is C14H13FN4O2S. The van der Waals surface area contributed by atoms with E-state index in [1.165, 1.54) is 6.07 Å². The number of pyridine rings is 1. The topological polar surface area (TPSA) is 83.5 Å². The molecule has 6 nitrogen and oxygen atoms in total. The molecule has 0 fully saturated rings. The Labute approximate surface area is 127 Å². The molecule has 3 rings (SSSR count). The van der Waals surface area contributed by atoms with Crippen molar-refractivity contribution >= 4 is 21.7 Å². The average molecular weight is 320 g/mol. The van der Waals surface area contributed by atoms with Crippen molar-refractivity contribution in [2.24, 2.45) is 4.40 Å². The monoisotopic (exact) mass is 320 g/mol. The van der Waals surface area contributed by atoms with Crippen LogP contribution in [0.2, 0.25) is 0 Å². The third kappa shape index (κ3) is 3.06. The third-order valence-electron chi connectivity index (χ3n) is 3.08. The van der Waals surface area contributed by atoms with Crippen LogP contribution in [0.1, 0.15) is 5.69 Å². The number of hydrogen-bond donors (Lipinski definition) is 2. The Bertz CT molecular complexity index is 822. The standard InChI is InChI=1S/C14H13FN4O2S/c15-10-4-5-13-12(9-10)18-14(19-22(13,20)21)17-8-6-11-3-1-2-7-16-11/h1-5,7,9H,6,8H2,(H2,17,18,19). The average Bonchev–Trinajstić information content (AvgIpc) is 2.47. The number of hydrogen-bond acceptors (Lipinski definition) is 5. The second kappa shape index (κ2) is 5.72.